The van der Waals surface area contributed by atoms with Gasteiger partial charge >= 0.3 is 11.9 Å². The van der Waals surface area contributed by atoms with Gasteiger partial charge in [-0.3, -0.25) is 19.6 Å². The summed E-state index contributed by atoms with van der Waals surface area (Å²) in [6.45, 7) is 6.99. The fourth-order valence-electron chi connectivity index (χ4n) is 6.47. The standard InChI is InChI=1S/C31H38F3N5O4S/c1-5-43-28(40)23-21(36-26(27-35-12-15-44-27)37-24(23)19-8-6-9-20(32)18(19)2)16-39-17-31(33,34)25-22(39)10-14-38(25)13-7-11-30(3,4)29(41)42/h6,8-9,12,15,22,24-25H,5,7,10-11,13-14,16-17H2,1-4H3,(H,36,37)(H,41,42)/t22-,24-,25+/m0/s1. The summed E-state index contributed by atoms with van der Waals surface area (Å²) in [5, 5.41) is 15.0. The molecule has 2 N–H and O–H groups in total. The maximum absolute atomic E-state index is 15.7. The number of nitrogens with zero attached hydrogens (tertiary/aromatic N) is 4. The van der Waals surface area contributed by atoms with Gasteiger partial charge in [-0.05, 0) is 70.7 Å². The van der Waals surface area contributed by atoms with Crippen LogP contribution in [0.4, 0.5) is 13.2 Å². The van der Waals surface area contributed by atoms with Crippen LogP contribution in [0.25, 0.3) is 0 Å². The lowest BCUT2D eigenvalue weighted by molar-refractivity contribution is -0.147. The highest BCUT2D eigenvalue weighted by atomic mass is 32.1. The highest BCUT2D eigenvalue weighted by molar-refractivity contribution is 7.11. The summed E-state index contributed by atoms with van der Waals surface area (Å²) >= 11 is 1.33. The zero-order chi connectivity index (χ0) is 31.8. The van der Waals surface area contributed by atoms with Crippen molar-refractivity contribution in [3.05, 3.63) is 63.0 Å². The van der Waals surface area contributed by atoms with E-state index in [0.29, 0.717) is 60.0 Å². The smallest absolute Gasteiger partial charge is 0.338 e. The van der Waals surface area contributed by atoms with Gasteiger partial charge in [-0.2, -0.15) is 0 Å². The monoisotopic (exact) mass is 633 g/mol. The van der Waals surface area contributed by atoms with E-state index in [-0.39, 0.29) is 18.7 Å². The van der Waals surface area contributed by atoms with Gasteiger partial charge in [0.2, 0.25) is 0 Å². The molecule has 44 heavy (non-hydrogen) atoms. The van der Waals surface area contributed by atoms with Crippen LogP contribution in [0.15, 0.2) is 46.0 Å². The second kappa shape index (κ2) is 12.6. The van der Waals surface area contributed by atoms with E-state index in [0.717, 1.165) is 0 Å². The number of aromatic nitrogens is 1. The molecule has 5 rings (SSSR count). The average Bonchev–Trinajstić information content (AvgIpc) is 3.69. The Bertz CT molecular complexity index is 1460. The molecular weight excluding hydrogens is 595 g/mol. The summed E-state index contributed by atoms with van der Waals surface area (Å²) < 4.78 is 51.5. The Kier molecular flexibility index (Phi) is 9.20. The summed E-state index contributed by atoms with van der Waals surface area (Å²) in [6.07, 6.45) is 2.99. The molecule has 3 aliphatic heterocycles. The molecule has 3 atom stereocenters. The van der Waals surface area contributed by atoms with Crippen molar-refractivity contribution < 1.29 is 32.6 Å². The number of aliphatic imine (C=N–C) groups is 1. The lowest BCUT2D eigenvalue weighted by Crippen LogP contribution is -2.46. The molecule has 2 saturated heterocycles. The first-order valence-corrected chi connectivity index (χ1v) is 15.7. The Hall–Kier alpha value is -3.29. The summed E-state index contributed by atoms with van der Waals surface area (Å²) in [5.41, 5.74) is 0.392. The third kappa shape index (κ3) is 6.27. The van der Waals surface area contributed by atoms with E-state index in [1.54, 1.807) is 61.2 Å². The van der Waals surface area contributed by atoms with Crippen molar-refractivity contribution in [2.45, 2.75) is 71.0 Å². The zero-order valence-electron chi connectivity index (χ0n) is 25.3. The van der Waals surface area contributed by atoms with E-state index in [4.69, 9.17) is 9.73 Å². The third-order valence-corrected chi connectivity index (χ3v) is 9.61. The van der Waals surface area contributed by atoms with Crippen LogP contribution in [0.5, 0.6) is 0 Å². The Morgan fingerprint density at radius 3 is 2.73 bits per heavy atom. The van der Waals surface area contributed by atoms with Gasteiger partial charge < -0.3 is 15.2 Å². The number of hydrogen-bond acceptors (Lipinski definition) is 9. The van der Waals surface area contributed by atoms with E-state index in [9.17, 15) is 19.1 Å². The minimum absolute atomic E-state index is 0.0000478. The molecule has 0 spiro atoms. The van der Waals surface area contributed by atoms with Crippen LogP contribution >= 0.6 is 11.3 Å². The Balaban J connectivity index is 1.47. The molecule has 0 radical (unpaired) electrons. The molecular formula is C31H38F3N5O4S. The van der Waals surface area contributed by atoms with Crippen LogP contribution in [0.1, 0.15) is 62.2 Å². The number of carbonyl (C=O) groups excluding carboxylic acids is 1. The second-order valence-electron chi connectivity index (χ2n) is 12.2. The summed E-state index contributed by atoms with van der Waals surface area (Å²) in [5.74, 6) is -4.66. The summed E-state index contributed by atoms with van der Waals surface area (Å²) in [7, 11) is 0. The molecule has 2 fully saturated rings. The number of esters is 1. The Labute approximate surface area is 258 Å². The molecule has 0 bridgehead atoms. The molecule has 0 saturated carbocycles. The van der Waals surface area contributed by atoms with Gasteiger partial charge in [-0.1, -0.05) is 12.1 Å². The van der Waals surface area contributed by atoms with Crippen LogP contribution in [0.3, 0.4) is 0 Å². The van der Waals surface area contributed by atoms with Crippen molar-refractivity contribution in [3.63, 3.8) is 0 Å². The molecule has 3 aliphatic rings. The fraction of sp³-hybridized carbons (Fsp3) is 0.548. The number of amidine groups is 1. The topological polar surface area (TPSA) is 107 Å². The normalized spacial score (nSPS) is 23.8. The number of carboxylic acids is 1. The molecule has 1 aromatic carbocycles. The number of ether oxygens (including phenoxy) is 1. The number of carbonyl (C=O) groups is 2. The van der Waals surface area contributed by atoms with Crippen LogP contribution in [0, 0.1) is 18.2 Å². The minimum Gasteiger partial charge on any atom is -0.481 e. The number of halogens is 3. The van der Waals surface area contributed by atoms with E-state index in [1.165, 1.54) is 17.4 Å². The van der Waals surface area contributed by atoms with Gasteiger partial charge in [0.05, 0.1) is 30.2 Å². The van der Waals surface area contributed by atoms with E-state index in [2.05, 4.69) is 10.3 Å². The number of carboxylic acid groups (broad SMARTS) is 1. The fourth-order valence-corrected chi connectivity index (χ4v) is 7.06. The molecule has 4 heterocycles. The molecule has 0 aliphatic carbocycles. The maximum atomic E-state index is 15.7. The number of alkyl halides is 2. The Morgan fingerprint density at radius 1 is 1.27 bits per heavy atom. The van der Waals surface area contributed by atoms with E-state index >= 15 is 8.78 Å². The lowest BCUT2D eigenvalue weighted by atomic mass is 9.88. The second-order valence-corrected chi connectivity index (χ2v) is 13.1. The predicted molar refractivity (Wildman–Crippen MR) is 160 cm³/mol. The number of thiazole rings is 1. The van der Waals surface area contributed by atoms with Crippen molar-refractivity contribution in [1.29, 1.82) is 0 Å². The molecule has 1 aromatic heterocycles. The van der Waals surface area contributed by atoms with Gasteiger partial charge in [0.1, 0.15) is 11.9 Å². The van der Waals surface area contributed by atoms with Crippen LogP contribution < -0.4 is 5.32 Å². The number of likely N-dealkylation sites (tertiary alicyclic amines) is 2. The quantitative estimate of drug-likeness (QED) is 0.341. The largest absolute Gasteiger partial charge is 0.481 e. The van der Waals surface area contributed by atoms with Crippen LogP contribution in [-0.4, -0.2) is 88.5 Å². The van der Waals surface area contributed by atoms with Crippen molar-refractivity contribution in [3.8, 4) is 0 Å². The van der Waals surface area contributed by atoms with E-state index < -0.39 is 53.8 Å². The van der Waals surface area contributed by atoms with Gasteiger partial charge in [0.25, 0.3) is 5.92 Å². The van der Waals surface area contributed by atoms with Gasteiger partial charge in [0, 0.05) is 36.4 Å². The van der Waals surface area contributed by atoms with Gasteiger partial charge in [0.15, 0.2) is 10.8 Å². The van der Waals surface area contributed by atoms with Crippen LogP contribution in [0.2, 0.25) is 0 Å². The lowest BCUT2D eigenvalue weighted by Gasteiger charge is -2.31. The first-order valence-electron chi connectivity index (χ1n) is 14.8. The number of fused-ring (bicyclic) bond motifs is 1. The molecule has 238 valence electrons. The third-order valence-electron chi connectivity index (χ3n) is 8.83. The van der Waals surface area contributed by atoms with Crippen molar-refractivity contribution in [1.82, 2.24) is 20.1 Å². The maximum Gasteiger partial charge on any atom is 0.338 e. The summed E-state index contributed by atoms with van der Waals surface area (Å²) in [4.78, 5) is 37.6. The zero-order valence-corrected chi connectivity index (χ0v) is 26.1. The van der Waals surface area contributed by atoms with Crippen molar-refractivity contribution in [2.75, 3.05) is 32.8 Å². The summed E-state index contributed by atoms with van der Waals surface area (Å²) in [6, 6.07) is 2.15. The number of benzene rings is 1. The first kappa shape index (κ1) is 32.1. The SMILES string of the molecule is CCOC(=O)C1=C(CN2CC(F)(F)[C@H]3[C@@H]2CCN3CCCC(C)(C)C(=O)O)NC(c2nccs2)=N[C@H]1c1cccc(F)c1C. The predicted octanol–water partition coefficient (Wildman–Crippen LogP) is 4.78. The highest BCUT2D eigenvalue weighted by Gasteiger charge is 2.59. The van der Waals surface area contributed by atoms with Crippen LogP contribution in [-0.2, 0) is 14.3 Å². The average molecular weight is 634 g/mol. The highest BCUT2D eigenvalue weighted by Crippen LogP contribution is 2.43. The number of rotatable bonds is 11. The molecule has 13 heteroatoms. The van der Waals surface area contributed by atoms with E-state index in [1.807, 2.05) is 0 Å². The minimum atomic E-state index is -3.02. The van der Waals surface area contributed by atoms with Crippen molar-refractivity contribution >= 4 is 29.1 Å². The van der Waals surface area contributed by atoms with Gasteiger partial charge in [-0.25, -0.2) is 22.9 Å². The Morgan fingerprint density at radius 2 is 2.05 bits per heavy atom. The number of aliphatic carboxylic acids is 1. The number of nitrogens with one attached hydrogen (secondary N) is 1. The molecule has 0 amide bonds. The molecule has 2 aromatic rings. The molecule has 9 nitrogen and oxygen atoms in total. The number of hydrogen-bond donors (Lipinski definition) is 2. The molecule has 0 unspecified atom stereocenters. The van der Waals surface area contributed by atoms with Gasteiger partial charge in [-0.15, -0.1) is 11.3 Å². The first-order chi connectivity index (χ1) is 20.8. The van der Waals surface area contributed by atoms with Crippen molar-refractivity contribution in [2.24, 2.45) is 10.4 Å².